The highest BCUT2D eigenvalue weighted by atomic mass is 32.1. The molecule has 6 heteroatoms. The largest absolute Gasteiger partial charge is 0.352 e. The van der Waals surface area contributed by atoms with Crippen LogP contribution in [0.2, 0.25) is 0 Å². The molecule has 0 atom stereocenters. The molecule has 0 bridgehead atoms. The molecular formula is C21H24N4OS. The summed E-state index contributed by atoms with van der Waals surface area (Å²) in [4.78, 5) is 12.2. The third-order valence-corrected chi connectivity index (χ3v) is 5.02. The molecule has 27 heavy (non-hydrogen) atoms. The van der Waals surface area contributed by atoms with E-state index in [1.165, 1.54) is 22.5 Å². The predicted octanol–water partition coefficient (Wildman–Crippen LogP) is 4.57. The van der Waals surface area contributed by atoms with Crippen LogP contribution >= 0.6 is 11.3 Å². The molecule has 1 aromatic heterocycles. The van der Waals surface area contributed by atoms with Crippen molar-refractivity contribution in [2.45, 2.75) is 39.7 Å². The van der Waals surface area contributed by atoms with Crippen LogP contribution in [0.5, 0.6) is 0 Å². The van der Waals surface area contributed by atoms with Gasteiger partial charge in [0.25, 0.3) is 0 Å². The summed E-state index contributed by atoms with van der Waals surface area (Å²) in [7, 11) is 0. The van der Waals surface area contributed by atoms with Gasteiger partial charge >= 0.3 is 0 Å². The van der Waals surface area contributed by atoms with Crippen LogP contribution in [-0.2, 0) is 17.8 Å². The second kappa shape index (κ2) is 8.77. The normalized spacial score (nSPS) is 10.8. The third kappa shape index (κ3) is 5.62. The van der Waals surface area contributed by atoms with Crippen molar-refractivity contribution in [3.05, 3.63) is 70.2 Å². The van der Waals surface area contributed by atoms with Gasteiger partial charge in [-0.25, -0.2) is 0 Å². The van der Waals surface area contributed by atoms with Crippen LogP contribution < -0.4 is 10.6 Å². The Bertz CT molecular complexity index is 903. The number of anilines is 2. The molecule has 0 saturated carbocycles. The zero-order valence-corrected chi connectivity index (χ0v) is 16.6. The number of hydrogen-bond donors (Lipinski definition) is 2. The molecule has 0 saturated heterocycles. The van der Waals surface area contributed by atoms with E-state index < -0.39 is 0 Å². The molecule has 5 nitrogen and oxygen atoms in total. The predicted molar refractivity (Wildman–Crippen MR) is 110 cm³/mol. The number of carbonyl (C=O) groups is 1. The van der Waals surface area contributed by atoms with Crippen molar-refractivity contribution in [2.24, 2.45) is 0 Å². The first-order chi connectivity index (χ1) is 13.0. The molecule has 0 unspecified atom stereocenters. The summed E-state index contributed by atoms with van der Waals surface area (Å²) in [5.41, 5.74) is 4.52. The van der Waals surface area contributed by atoms with Crippen molar-refractivity contribution >= 4 is 28.1 Å². The van der Waals surface area contributed by atoms with E-state index in [0.717, 1.165) is 11.3 Å². The fraction of sp³-hybridized carbons (Fsp3) is 0.286. The summed E-state index contributed by atoms with van der Waals surface area (Å²) in [6.45, 7) is 6.89. The van der Waals surface area contributed by atoms with Gasteiger partial charge in [-0.3, -0.25) is 4.79 Å². The van der Waals surface area contributed by atoms with E-state index in [0.29, 0.717) is 22.6 Å². The molecule has 0 aliphatic carbocycles. The van der Waals surface area contributed by atoms with Crippen molar-refractivity contribution in [1.29, 1.82) is 0 Å². The minimum Gasteiger partial charge on any atom is -0.352 e. The van der Waals surface area contributed by atoms with E-state index in [4.69, 9.17) is 0 Å². The van der Waals surface area contributed by atoms with E-state index in [-0.39, 0.29) is 12.3 Å². The Labute approximate surface area is 163 Å². The maximum absolute atomic E-state index is 12.2. The van der Waals surface area contributed by atoms with Gasteiger partial charge in [0.05, 0.1) is 6.42 Å². The van der Waals surface area contributed by atoms with Crippen LogP contribution in [0, 0.1) is 6.92 Å². The van der Waals surface area contributed by atoms with E-state index in [9.17, 15) is 4.79 Å². The van der Waals surface area contributed by atoms with Crippen molar-refractivity contribution in [2.75, 3.05) is 5.32 Å². The molecule has 3 aromatic rings. The monoisotopic (exact) mass is 380 g/mol. The van der Waals surface area contributed by atoms with Crippen LogP contribution in [0.1, 0.15) is 41.5 Å². The maximum Gasteiger partial charge on any atom is 0.227 e. The second-order valence-corrected chi connectivity index (χ2v) is 7.91. The average molecular weight is 381 g/mol. The summed E-state index contributed by atoms with van der Waals surface area (Å²) < 4.78 is 0. The number of amides is 1. The third-order valence-electron chi connectivity index (χ3n) is 4.18. The number of rotatable bonds is 7. The van der Waals surface area contributed by atoms with Crippen LogP contribution in [0.15, 0.2) is 48.5 Å². The Hall–Kier alpha value is -2.73. The smallest absolute Gasteiger partial charge is 0.227 e. The van der Waals surface area contributed by atoms with Gasteiger partial charge in [-0.2, -0.15) is 0 Å². The summed E-state index contributed by atoms with van der Waals surface area (Å²) in [6.07, 6.45) is 0.233. The summed E-state index contributed by atoms with van der Waals surface area (Å²) in [6, 6.07) is 16.4. The number of nitrogens with zero attached hydrogens (tertiary/aromatic N) is 2. The quantitative estimate of drug-likeness (QED) is 0.630. The zero-order chi connectivity index (χ0) is 19.2. The standard InChI is InChI=1S/C21H24N4OS/c1-14(2)17-9-7-16(8-10-17)13-22-19(26)12-20-24-25-21(27-20)23-18-6-4-5-15(3)11-18/h4-11,14H,12-13H2,1-3H3,(H,22,26)(H,23,25). The molecule has 2 N–H and O–H groups in total. The minimum atomic E-state index is -0.0545. The first-order valence-corrected chi connectivity index (χ1v) is 9.83. The SMILES string of the molecule is Cc1cccc(Nc2nnc(CC(=O)NCc3ccc(C(C)C)cc3)s2)c1. The molecule has 1 heterocycles. The molecule has 1 amide bonds. The van der Waals surface area contributed by atoms with Crippen molar-refractivity contribution in [3.63, 3.8) is 0 Å². The maximum atomic E-state index is 12.2. The summed E-state index contributed by atoms with van der Waals surface area (Å²) in [5, 5.41) is 15.8. The Morgan fingerprint density at radius 2 is 1.89 bits per heavy atom. The van der Waals surface area contributed by atoms with Crippen LogP contribution in [-0.4, -0.2) is 16.1 Å². The first-order valence-electron chi connectivity index (χ1n) is 9.01. The number of aromatic nitrogens is 2. The van der Waals surface area contributed by atoms with Crippen LogP contribution in [0.25, 0.3) is 0 Å². The molecule has 0 spiro atoms. The zero-order valence-electron chi connectivity index (χ0n) is 15.8. The molecule has 0 fully saturated rings. The van der Waals surface area contributed by atoms with Gasteiger partial charge in [0.2, 0.25) is 11.0 Å². The Balaban J connectivity index is 1.50. The Morgan fingerprint density at radius 3 is 2.59 bits per heavy atom. The number of hydrogen-bond acceptors (Lipinski definition) is 5. The molecule has 0 radical (unpaired) electrons. The summed E-state index contributed by atoms with van der Waals surface area (Å²) >= 11 is 1.39. The molecular weight excluding hydrogens is 356 g/mol. The van der Waals surface area contributed by atoms with Gasteiger partial charge in [0.1, 0.15) is 5.01 Å². The molecule has 0 aliphatic rings. The van der Waals surface area contributed by atoms with E-state index in [2.05, 4.69) is 58.9 Å². The van der Waals surface area contributed by atoms with Gasteiger partial charge in [0.15, 0.2) is 0 Å². The lowest BCUT2D eigenvalue weighted by atomic mass is 10.0. The topological polar surface area (TPSA) is 66.9 Å². The van der Waals surface area contributed by atoms with Crippen molar-refractivity contribution in [3.8, 4) is 0 Å². The van der Waals surface area contributed by atoms with Gasteiger partial charge in [-0.05, 0) is 41.7 Å². The lowest BCUT2D eigenvalue weighted by Gasteiger charge is -2.07. The highest BCUT2D eigenvalue weighted by molar-refractivity contribution is 7.15. The van der Waals surface area contributed by atoms with Crippen LogP contribution in [0.3, 0.4) is 0 Å². The molecule has 3 rings (SSSR count). The van der Waals surface area contributed by atoms with E-state index in [1.807, 2.05) is 31.2 Å². The van der Waals surface area contributed by atoms with Gasteiger partial charge in [0, 0.05) is 12.2 Å². The van der Waals surface area contributed by atoms with E-state index >= 15 is 0 Å². The van der Waals surface area contributed by atoms with Crippen LogP contribution in [0.4, 0.5) is 10.8 Å². The van der Waals surface area contributed by atoms with E-state index in [1.54, 1.807) is 0 Å². The summed E-state index contributed by atoms with van der Waals surface area (Å²) in [5.74, 6) is 0.454. The molecule has 2 aromatic carbocycles. The fourth-order valence-corrected chi connectivity index (χ4v) is 3.40. The second-order valence-electron chi connectivity index (χ2n) is 6.85. The van der Waals surface area contributed by atoms with Gasteiger partial charge in [-0.1, -0.05) is 61.6 Å². The number of nitrogens with one attached hydrogen (secondary N) is 2. The number of benzene rings is 2. The highest BCUT2D eigenvalue weighted by Gasteiger charge is 2.10. The van der Waals surface area contributed by atoms with Crippen molar-refractivity contribution in [1.82, 2.24) is 15.5 Å². The Morgan fingerprint density at radius 1 is 1.11 bits per heavy atom. The number of carbonyl (C=O) groups excluding carboxylic acids is 1. The molecule has 0 aliphatic heterocycles. The first kappa shape index (κ1) is 19.0. The molecule has 140 valence electrons. The fourth-order valence-electron chi connectivity index (χ4n) is 2.64. The highest BCUT2D eigenvalue weighted by Crippen LogP contribution is 2.21. The lowest BCUT2D eigenvalue weighted by Crippen LogP contribution is -2.24. The Kier molecular flexibility index (Phi) is 6.19. The lowest BCUT2D eigenvalue weighted by molar-refractivity contribution is -0.120. The average Bonchev–Trinajstić information content (AvgIpc) is 3.07. The van der Waals surface area contributed by atoms with Crippen molar-refractivity contribution < 1.29 is 4.79 Å². The number of aryl methyl sites for hydroxylation is 1. The van der Waals surface area contributed by atoms with Gasteiger partial charge < -0.3 is 10.6 Å². The van der Waals surface area contributed by atoms with Gasteiger partial charge in [-0.15, -0.1) is 10.2 Å². The minimum absolute atomic E-state index is 0.0545.